The molecular weight excluding hydrogens is 224 g/mol. The Morgan fingerprint density at radius 3 is 3.00 bits per heavy atom. The fourth-order valence-corrected chi connectivity index (χ4v) is 2.06. The zero-order valence-electron chi connectivity index (χ0n) is 8.16. The molecule has 16 heavy (non-hydrogen) atoms. The van der Waals surface area contributed by atoms with Crippen molar-refractivity contribution in [1.82, 2.24) is 14.9 Å². The molecule has 0 aliphatic heterocycles. The summed E-state index contributed by atoms with van der Waals surface area (Å²) in [5.74, 6) is 0.605. The summed E-state index contributed by atoms with van der Waals surface area (Å²) in [7, 11) is 0. The third kappa shape index (κ3) is 1.40. The fourth-order valence-electron chi connectivity index (χ4n) is 1.53. The molecule has 0 amide bonds. The van der Waals surface area contributed by atoms with Crippen LogP contribution < -0.4 is 5.32 Å². The van der Waals surface area contributed by atoms with Crippen molar-refractivity contribution in [2.75, 3.05) is 5.32 Å². The molecule has 5 nitrogen and oxygen atoms in total. The van der Waals surface area contributed by atoms with Gasteiger partial charge in [-0.25, -0.2) is 4.98 Å². The first-order chi connectivity index (χ1) is 7.84. The van der Waals surface area contributed by atoms with Gasteiger partial charge < -0.3 is 10.5 Å². The van der Waals surface area contributed by atoms with Gasteiger partial charge in [-0.05, 0) is 12.1 Å². The monoisotopic (exact) mass is 232 g/mol. The number of nitrogens with zero attached hydrogens (tertiary/aromatic N) is 3. The number of para-hydroxylation sites is 1. The van der Waals surface area contributed by atoms with Gasteiger partial charge in [0.2, 0.25) is 0 Å². The Bertz CT molecular complexity index is 617. The predicted octanol–water partition coefficient (Wildman–Crippen LogP) is 2.47. The van der Waals surface area contributed by atoms with Crippen LogP contribution in [0.4, 0.5) is 10.9 Å². The van der Waals surface area contributed by atoms with E-state index in [9.17, 15) is 5.21 Å². The lowest BCUT2D eigenvalue weighted by molar-refractivity contribution is 0.162. The number of benzene rings is 1. The highest BCUT2D eigenvalue weighted by molar-refractivity contribution is 7.13. The molecule has 0 unspecified atom stereocenters. The van der Waals surface area contributed by atoms with Crippen molar-refractivity contribution in [3.63, 3.8) is 0 Å². The molecular formula is C10H8N4OS. The first-order valence-electron chi connectivity index (χ1n) is 4.68. The van der Waals surface area contributed by atoms with Crippen molar-refractivity contribution < 1.29 is 5.21 Å². The van der Waals surface area contributed by atoms with E-state index >= 15 is 0 Å². The van der Waals surface area contributed by atoms with Gasteiger partial charge in [0.15, 0.2) is 10.9 Å². The molecule has 0 aliphatic carbocycles. The van der Waals surface area contributed by atoms with Crippen molar-refractivity contribution in [3.8, 4) is 0 Å². The summed E-state index contributed by atoms with van der Waals surface area (Å²) in [5.41, 5.74) is 0.668. The maximum Gasteiger partial charge on any atom is 0.188 e. The average Bonchev–Trinajstić information content (AvgIpc) is 2.90. The molecule has 2 heterocycles. The SMILES string of the molecule is On1nc(Nc2nccs2)c2ccccc21. The summed E-state index contributed by atoms with van der Waals surface area (Å²) in [6, 6.07) is 7.45. The first kappa shape index (κ1) is 9.17. The van der Waals surface area contributed by atoms with Crippen LogP contribution >= 0.6 is 11.3 Å². The molecule has 2 N–H and O–H groups in total. The summed E-state index contributed by atoms with van der Waals surface area (Å²) in [5, 5.41) is 20.1. The van der Waals surface area contributed by atoms with E-state index in [1.54, 1.807) is 12.3 Å². The standard InChI is InChI=1S/C10H8N4OS/c15-14-8-4-2-1-3-7(8)9(13-14)12-10-11-5-6-16-10/h1-6,15H,(H,11,12,13). The third-order valence-corrected chi connectivity index (χ3v) is 2.92. The number of hydrogen-bond donors (Lipinski definition) is 2. The van der Waals surface area contributed by atoms with Gasteiger partial charge in [-0.3, -0.25) is 0 Å². The van der Waals surface area contributed by atoms with Crippen LogP contribution in [0, 0.1) is 0 Å². The molecule has 0 fully saturated rings. The second-order valence-electron chi connectivity index (χ2n) is 3.22. The molecule has 3 aromatic rings. The Balaban J connectivity index is 2.10. The molecule has 0 bridgehead atoms. The molecule has 0 spiro atoms. The highest BCUT2D eigenvalue weighted by Gasteiger charge is 2.09. The van der Waals surface area contributed by atoms with E-state index in [0.717, 1.165) is 15.4 Å². The molecule has 0 atom stereocenters. The Kier molecular flexibility index (Phi) is 2.00. The van der Waals surface area contributed by atoms with E-state index in [-0.39, 0.29) is 0 Å². The number of fused-ring (bicyclic) bond motifs is 1. The Morgan fingerprint density at radius 2 is 2.19 bits per heavy atom. The van der Waals surface area contributed by atoms with Crippen LogP contribution in [0.15, 0.2) is 35.8 Å². The molecule has 3 rings (SSSR count). The van der Waals surface area contributed by atoms with Gasteiger partial charge in [0.05, 0.1) is 0 Å². The minimum absolute atomic E-state index is 0.605. The van der Waals surface area contributed by atoms with Crippen LogP contribution in [0.2, 0.25) is 0 Å². The quantitative estimate of drug-likeness (QED) is 0.666. The molecule has 0 aliphatic rings. The first-order valence-corrected chi connectivity index (χ1v) is 5.56. The normalized spacial score (nSPS) is 10.8. The van der Waals surface area contributed by atoms with Gasteiger partial charge in [-0.15, -0.1) is 16.4 Å². The van der Waals surface area contributed by atoms with E-state index in [1.807, 2.05) is 23.6 Å². The van der Waals surface area contributed by atoms with Crippen LogP contribution in [0.25, 0.3) is 10.9 Å². The molecule has 2 aromatic heterocycles. The number of hydrogen-bond acceptors (Lipinski definition) is 5. The van der Waals surface area contributed by atoms with Crippen LogP contribution in [-0.2, 0) is 0 Å². The lowest BCUT2D eigenvalue weighted by Gasteiger charge is -1.96. The lowest BCUT2D eigenvalue weighted by atomic mass is 10.2. The topological polar surface area (TPSA) is 63.0 Å². The smallest absolute Gasteiger partial charge is 0.188 e. The summed E-state index contributed by atoms with van der Waals surface area (Å²) >= 11 is 1.48. The summed E-state index contributed by atoms with van der Waals surface area (Å²) in [6.07, 6.45) is 1.71. The highest BCUT2D eigenvalue weighted by atomic mass is 32.1. The van der Waals surface area contributed by atoms with Gasteiger partial charge in [0.25, 0.3) is 0 Å². The molecule has 6 heteroatoms. The number of anilines is 2. The maximum absolute atomic E-state index is 9.57. The van der Waals surface area contributed by atoms with Crippen LogP contribution in [0.1, 0.15) is 0 Å². The second-order valence-corrected chi connectivity index (χ2v) is 4.11. The molecule has 80 valence electrons. The maximum atomic E-state index is 9.57. The molecule has 0 radical (unpaired) electrons. The molecule has 1 aromatic carbocycles. The van der Waals surface area contributed by atoms with Gasteiger partial charge in [-0.1, -0.05) is 17.0 Å². The Labute approximate surface area is 94.9 Å². The van der Waals surface area contributed by atoms with E-state index < -0.39 is 0 Å². The summed E-state index contributed by atoms with van der Waals surface area (Å²) in [4.78, 5) is 4.97. The van der Waals surface area contributed by atoms with E-state index in [0.29, 0.717) is 11.3 Å². The van der Waals surface area contributed by atoms with Gasteiger partial charge in [-0.2, -0.15) is 0 Å². The van der Waals surface area contributed by atoms with E-state index in [4.69, 9.17) is 0 Å². The van der Waals surface area contributed by atoms with Gasteiger partial charge in [0, 0.05) is 17.0 Å². The van der Waals surface area contributed by atoms with Gasteiger partial charge in [0.1, 0.15) is 5.52 Å². The predicted molar refractivity (Wildman–Crippen MR) is 62.3 cm³/mol. The number of thiazole rings is 1. The molecule has 0 saturated heterocycles. The number of nitrogens with one attached hydrogen (secondary N) is 1. The number of rotatable bonds is 2. The Hall–Kier alpha value is -2.08. The van der Waals surface area contributed by atoms with Crippen molar-refractivity contribution in [1.29, 1.82) is 0 Å². The van der Waals surface area contributed by atoms with Crippen molar-refractivity contribution >= 4 is 33.2 Å². The zero-order chi connectivity index (χ0) is 11.0. The second kappa shape index (κ2) is 3.49. The number of aromatic nitrogens is 3. The minimum atomic E-state index is 0.605. The lowest BCUT2D eigenvalue weighted by Crippen LogP contribution is -1.94. The van der Waals surface area contributed by atoms with Crippen LogP contribution in [0.5, 0.6) is 0 Å². The van der Waals surface area contributed by atoms with E-state index in [1.165, 1.54) is 11.3 Å². The van der Waals surface area contributed by atoms with E-state index in [2.05, 4.69) is 15.4 Å². The third-order valence-electron chi connectivity index (χ3n) is 2.23. The highest BCUT2D eigenvalue weighted by Crippen LogP contribution is 2.25. The average molecular weight is 232 g/mol. The summed E-state index contributed by atoms with van der Waals surface area (Å²) in [6.45, 7) is 0. The van der Waals surface area contributed by atoms with Crippen LogP contribution in [0.3, 0.4) is 0 Å². The van der Waals surface area contributed by atoms with Crippen molar-refractivity contribution in [3.05, 3.63) is 35.8 Å². The van der Waals surface area contributed by atoms with Crippen LogP contribution in [-0.4, -0.2) is 20.1 Å². The van der Waals surface area contributed by atoms with Crippen molar-refractivity contribution in [2.45, 2.75) is 0 Å². The summed E-state index contributed by atoms with van der Waals surface area (Å²) < 4.78 is 0. The molecule has 0 saturated carbocycles. The zero-order valence-corrected chi connectivity index (χ0v) is 8.98. The minimum Gasteiger partial charge on any atom is -0.411 e. The fraction of sp³-hybridized carbons (Fsp3) is 0. The van der Waals surface area contributed by atoms with Gasteiger partial charge >= 0.3 is 0 Å². The Morgan fingerprint density at radius 1 is 1.31 bits per heavy atom. The largest absolute Gasteiger partial charge is 0.411 e. The van der Waals surface area contributed by atoms with Crippen molar-refractivity contribution in [2.24, 2.45) is 0 Å².